The van der Waals surface area contributed by atoms with Crippen LogP contribution in [0.15, 0.2) is 46.9 Å². The van der Waals surface area contributed by atoms with Crippen LogP contribution in [0.4, 0.5) is 0 Å². The molecule has 2 rings (SSSR count). The van der Waals surface area contributed by atoms with E-state index in [1.807, 2.05) is 19.1 Å². The standard InChI is InChI=1S/C15H12BrClO3/c1-10-5-6-14(13(16)7-10)20-15(18)9-19-12-4-2-3-11(17)8-12/h2-8H,9H2,1H3. The van der Waals surface area contributed by atoms with Gasteiger partial charge in [-0.1, -0.05) is 23.7 Å². The summed E-state index contributed by atoms with van der Waals surface area (Å²) in [7, 11) is 0. The van der Waals surface area contributed by atoms with Crippen LogP contribution in [-0.2, 0) is 4.79 Å². The van der Waals surface area contributed by atoms with Gasteiger partial charge < -0.3 is 9.47 Å². The first-order chi connectivity index (χ1) is 9.54. The Hall–Kier alpha value is -1.52. The molecule has 0 heterocycles. The lowest BCUT2D eigenvalue weighted by molar-refractivity contribution is -0.136. The predicted molar refractivity (Wildman–Crippen MR) is 81.5 cm³/mol. The third-order valence-corrected chi connectivity index (χ3v) is 3.32. The van der Waals surface area contributed by atoms with E-state index in [2.05, 4.69) is 15.9 Å². The molecule has 5 heteroatoms. The van der Waals surface area contributed by atoms with Gasteiger partial charge in [-0.25, -0.2) is 4.79 Å². The zero-order valence-corrected chi connectivity index (χ0v) is 13.1. The summed E-state index contributed by atoms with van der Waals surface area (Å²) in [6.07, 6.45) is 0. The summed E-state index contributed by atoms with van der Waals surface area (Å²) in [4.78, 5) is 11.7. The maximum atomic E-state index is 11.7. The fourth-order valence-corrected chi connectivity index (χ4v) is 2.29. The van der Waals surface area contributed by atoms with Gasteiger partial charge in [-0.15, -0.1) is 0 Å². The number of carbonyl (C=O) groups is 1. The topological polar surface area (TPSA) is 35.5 Å². The third-order valence-electron chi connectivity index (χ3n) is 2.46. The highest BCUT2D eigenvalue weighted by atomic mass is 79.9. The first-order valence-electron chi connectivity index (χ1n) is 5.90. The van der Waals surface area contributed by atoms with Crippen molar-refractivity contribution in [2.45, 2.75) is 6.92 Å². The lowest BCUT2D eigenvalue weighted by atomic mass is 10.2. The van der Waals surface area contributed by atoms with Gasteiger partial charge in [0.25, 0.3) is 0 Å². The minimum atomic E-state index is -0.477. The van der Waals surface area contributed by atoms with E-state index in [1.54, 1.807) is 30.3 Å². The predicted octanol–water partition coefficient (Wildman–Crippen LogP) is 4.40. The molecule has 2 aromatic rings. The van der Waals surface area contributed by atoms with E-state index in [0.29, 0.717) is 16.5 Å². The van der Waals surface area contributed by atoms with Crippen molar-refractivity contribution in [3.8, 4) is 11.5 Å². The molecule has 0 fully saturated rings. The van der Waals surface area contributed by atoms with Gasteiger partial charge in [-0.05, 0) is 58.7 Å². The first-order valence-corrected chi connectivity index (χ1v) is 7.07. The van der Waals surface area contributed by atoms with Crippen LogP contribution in [0.25, 0.3) is 0 Å². The van der Waals surface area contributed by atoms with Gasteiger partial charge in [-0.2, -0.15) is 0 Å². The fourth-order valence-electron chi connectivity index (χ4n) is 1.54. The quantitative estimate of drug-likeness (QED) is 0.602. The molecule has 0 aliphatic carbocycles. The Morgan fingerprint density at radius 3 is 2.75 bits per heavy atom. The molecule has 2 aromatic carbocycles. The van der Waals surface area contributed by atoms with Gasteiger partial charge in [-0.3, -0.25) is 0 Å². The van der Waals surface area contributed by atoms with Crippen molar-refractivity contribution in [3.63, 3.8) is 0 Å². The van der Waals surface area contributed by atoms with E-state index in [1.165, 1.54) is 0 Å². The van der Waals surface area contributed by atoms with Gasteiger partial charge in [0, 0.05) is 5.02 Å². The van der Waals surface area contributed by atoms with Crippen molar-refractivity contribution in [3.05, 3.63) is 57.5 Å². The van der Waals surface area contributed by atoms with Crippen LogP contribution in [-0.4, -0.2) is 12.6 Å². The zero-order valence-electron chi connectivity index (χ0n) is 10.7. The van der Waals surface area contributed by atoms with Crippen LogP contribution in [0.5, 0.6) is 11.5 Å². The highest BCUT2D eigenvalue weighted by Gasteiger charge is 2.09. The van der Waals surface area contributed by atoms with Crippen molar-refractivity contribution in [1.82, 2.24) is 0 Å². The van der Waals surface area contributed by atoms with E-state index in [4.69, 9.17) is 21.1 Å². The molecule has 0 saturated heterocycles. The molecular weight excluding hydrogens is 344 g/mol. The Morgan fingerprint density at radius 2 is 2.05 bits per heavy atom. The summed E-state index contributed by atoms with van der Waals surface area (Å²) < 4.78 is 11.2. The lowest BCUT2D eigenvalue weighted by Gasteiger charge is -2.08. The zero-order chi connectivity index (χ0) is 14.5. The van der Waals surface area contributed by atoms with Gasteiger partial charge in [0.05, 0.1) is 4.47 Å². The maximum absolute atomic E-state index is 11.7. The van der Waals surface area contributed by atoms with E-state index >= 15 is 0 Å². The van der Waals surface area contributed by atoms with Crippen LogP contribution in [0.3, 0.4) is 0 Å². The van der Waals surface area contributed by atoms with Crippen LogP contribution in [0.1, 0.15) is 5.56 Å². The normalized spacial score (nSPS) is 10.2. The largest absolute Gasteiger partial charge is 0.482 e. The molecule has 0 spiro atoms. The molecule has 0 saturated carbocycles. The van der Waals surface area contributed by atoms with Gasteiger partial charge in [0.15, 0.2) is 6.61 Å². The summed E-state index contributed by atoms with van der Waals surface area (Å²) in [6, 6.07) is 12.3. The van der Waals surface area contributed by atoms with Gasteiger partial charge in [0.2, 0.25) is 0 Å². The van der Waals surface area contributed by atoms with Crippen LogP contribution < -0.4 is 9.47 Å². The molecule has 104 valence electrons. The Kier molecular flexibility index (Phi) is 5.04. The van der Waals surface area contributed by atoms with E-state index in [9.17, 15) is 4.79 Å². The molecule has 3 nitrogen and oxygen atoms in total. The monoisotopic (exact) mass is 354 g/mol. The highest BCUT2D eigenvalue weighted by Crippen LogP contribution is 2.26. The van der Waals surface area contributed by atoms with Crippen LogP contribution in [0, 0.1) is 6.92 Å². The van der Waals surface area contributed by atoms with Crippen molar-refractivity contribution < 1.29 is 14.3 Å². The Labute approximate surface area is 130 Å². The van der Waals surface area contributed by atoms with Crippen LogP contribution in [0.2, 0.25) is 5.02 Å². The lowest BCUT2D eigenvalue weighted by Crippen LogP contribution is -2.17. The average Bonchev–Trinajstić information content (AvgIpc) is 2.40. The number of ether oxygens (including phenoxy) is 2. The SMILES string of the molecule is Cc1ccc(OC(=O)COc2cccc(Cl)c2)c(Br)c1. The molecule has 0 radical (unpaired) electrons. The molecule has 0 aromatic heterocycles. The molecule has 0 amide bonds. The summed E-state index contributed by atoms with van der Waals surface area (Å²) in [6.45, 7) is 1.78. The van der Waals surface area contributed by atoms with Crippen molar-refractivity contribution in [2.24, 2.45) is 0 Å². The molecule has 0 aliphatic rings. The third kappa shape index (κ3) is 4.25. The van der Waals surface area contributed by atoms with E-state index in [-0.39, 0.29) is 6.61 Å². The second-order valence-electron chi connectivity index (χ2n) is 4.15. The van der Waals surface area contributed by atoms with Crippen molar-refractivity contribution in [2.75, 3.05) is 6.61 Å². The van der Waals surface area contributed by atoms with Crippen molar-refractivity contribution >= 4 is 33.5 Å². The molecule has 0 unspecified atom stereocenters. The number of esters is 1. The first kappa shape index (κ1) is 14.9. The molecule has 0 atom stereocenters. The number of hydrogen-bond acceptors (Lipinski definition) is 3. The highest BCUT2D eigenvalue weighted by molar-refractivity contribution is 9.10. The minimum absolute atomic E-state index is 0.180. The summed E-state index contributed by atoms with van der Waals surface area (Å²) in [5, 5.41) is 0.553. The summed E-state index contributed by atoms with van der Waals surface area (Å²) in [5.74, 6) is 0.516. The number of benzene rings is 2. The minimum Gasteiger partial charge on any atom is -0.482 e. The van der Waals surface area contributed by atoms with Crippen LogP contribution >= 0.6 is 27.5 Å². The summed E-state index contributed by atoms with van der Waals surface area (Å²) in [5.41, 5.74) is 1.08. The molecule has 0 bridgehead atoms. The number of carbonyl (C=O) groups excluding carboxylic acids is 1. The second-order valence-corrected chi connectivity index (χ2v) is 5.44. The van der Waals surface area contributed by atoms with Gasteiger partial charge in [0.1, 0.15) is 11.5 Å². The van der Waals surface area contributed by atoms with Gasteiger partial charge >= 0.3 is 5.97 Å². The average molecular weight is 356 g/mol. The van der Waals surface area contributed by atoms with E-state index in [0.717, 1.165) is 10.0 Å². The maximum Gasteiger partial charge on any atom is 0.349 e. The van der Waals surface area contributed by atoms with Crippen molar-refractivity contribution in [1.29, 1.82) is 0 Å². The second kappa shape index (κ2) is 6.77. The number of halogens is 2. The summed E-state index contributed by atoms with van der Waals surface area (Å²) >= 11 is 9.17. The Balaban J connectivity index is 1.92. The molecule has 20 heavy (non-hydrogen) atoms. The Morgan fingerprint density at radius 1 is 1.25 bits per heavy atom. The number of hydrogen-bond donors (Lipinski definition) is 0. The molecular formula is C15H12BrClO3. The molecule has 0 N–H and O–H groups in total. The molecule has 0 aliphatic heterocycles. The fraction of sp³-hybridized carbons (Fsp3) is 0.133. The Bertz CT molecular complexity index is 628. The van der Waals surface area contributed by atoms with E-state index < -0.39 is 5.97 Å². The number of aryl methyl sites for hydroxylation is 1. The number of rotatable bonds is 4. The smallest absolute Gasteiger partial charge is 0.349 e.